The molecule has 0 aliphatic rings. The Balaban J connectivity index is 3.28. The zero-order chi connectivity index (χ0) is 12.3. The first kappa shape index (κ1) is 11.8. The van der Waals surface area contributed by atoms with E-state index >= 15 is 0 Å². The number of phenolic OH excluding ortho intramolecular Hbond substituents is 2. The Kier molecular flexibility index (Phi) is 3.34. The average molecular weight is 224 g/mol. The first-order valence-corrected chi connectivity index (χ1v) is 4.52. The molecule has 1 aromatic rings. The molecule has 0 radical (unpaired) electrons. The summed E-state index contributed by atoms with van der Waals surface area (Å²) in [7, 11) is 2.79. The maximum absolute atomic E-state index is 11.3. The number of nitrogens with one attached hydrogen (secondary N) is 2. The number of phenols is 2. The number of carbonyl (C=O) groups excluding carboxylic acids is 2. The van der Waals surface area contributed by atoms with Gasteiger partial charge in [-0.1, -0.05) is 0 Å². The van der Waals surface area contributed by atoms with Gasteiger partial charge in [-0.05, 0) is 12.1 Å². The van der Waals surface area contributed by atoms with Crippen molar-refractivity contribution in [1.29, 1.82) is 0 Å². The van der Waals surface area contributed by atoms with Crippen molar-refractivity contribution in [3.63, 3.8) is 0 Å². The molecule has 0 bridgehead atoms. The molecule has 0 fully saturated rings. The van der Waals surface area contributed by atoms with E-state index in [1.54, 1.807) is 0 Å². The van der Waals surface area contributed by atoms with Gasteiger partial charge < -0.3 is 20.8 Å². The van der Waals surface area contributed by atoms with Crippen LogP contribution in [0.15, 0.2) is 12.1 Å². The molecule has 0 atom stereocenters. The second kappa shape index (κ2) is 4.52. The van der Waals surface area contributed by atoms with Crippen molar-refractivity contribution in [2.45, 2.75) is 0 Å². The summed E-state index contributed by atoms with van der Waals surface area (Å²) in [5.41, 5.74) is -0.180. The van der Waals surface area contributed by atoms with Crippen molar-refractivity contribution < 1.29 is 19.8 Å². The number of hydrogen-bond acceptors (Lipinski definition) is 4. The van der Waals surface area contributed by atoms with Gasteiger partial charge >= 0.3 is 0 Å². The minimum Gasteiger partial charge on any atom is -0.504 e. The predicted molar refractivity (Wildman–Crippen MR) is 56.6 cm³/mol. The lowest BCUT2D eigenvalue weighted by Crippen LogP contribution is -2.20. The predicted octanol–water partition coefficient (Wildman–Crippen LogP) is -0.183. The maximum Gasteiger partial charge on any atom is 0.254 e. The number of aromatic hydroxyl groups is 2. The van der Waals surface area contributed by atoms with Crippen molar-refractivity contribution >= 4 is 11.8 Å². The van der Waals surface area contributed by atoms with Crippen LogP contribution in [0.25, 0.3) is 0 Å². The zero-order valence-corrected chi connectivity index (χ0v) is 8.87. The van der Waals surface area contributed by atoms with Crippen molar-refractivity contribution in [1.82, 2.24) is 10.6 Å². The number of amides is 2. The fourth-order valence-electron chi connectivity index (χ4n) is 1.22. The molecule has 0 heterocycles. The average Bonchev–Trinajstić information content (AvgIpc) is 2.30. The Morgan fingerprint density at radius 3 is 1.50 bits per heavy atom. The molecule has 1 rings (SSSR count). The van der Waals surface area contributed by atoms with Crippen molar-refractivity contribution in [3.8, 4) is 11.5 Å². The van der Waals surface area contributed by atoms with Crippen LogP contribution in [-0.2, 0) is 0 Å². The highest BCUT2D eigenvalue weighted by molar-refractivity contribution is 6.02. The third kappa shape index (κ3) is 1.90. The van der Waals surface area contributed by atoms with E-state index in [4.69, 9.17) is 0 Å². The van der Waals surface area contributed by atoms with Crippen LogP contribution in [0.5, 0.6) is 11.5 Å². The molecule has 1 aromatic carbocycles. The van der Waals surface area contributed by atoms with Crippen molar-refractivity contribution in [2.75, 3.05) is 14.1 Å². The van der Waals surface area contributed by atoms with Crippen LogP contribution in [0, 0.1) is 0 Å². The minimum absolute atomic E-state index is 0.0901. The van der Waals surface area contributed by atoms with Gasteiger partial charge in [0.1, 0.15) is 0 Å². The van der Waals surface area contributed by atoms with E-state index in [0.29, 0.717) is 0 Å². The van der Waals surface area contributed by atoms with Gasteiger partial charge in [-0.25, -0.2) is 0 Å². The third-order valence-corrected chi connectivity index (χ3v) is 2.09. The van der Waals surface area contributed by atoms with E-state index in [1.807, 2.05) is 0 Å². The second-order valence-electron chi connectivity index (χ2n) is 3.02. The molecule has 0 spiro atoms. The van der Waals surface area contributed by atoms with Crippen molar-refractivity contribution in [3.05, 3.63) is 23.3 Å². The van der Waals surface area contributed by atoms with Crippen molar-refractivity contribution in [2.24, 2.45) is 0 Å². The zero-order valence-electron chi connectivity index (χ0n) is 8.87. The number of hydrogen-bond donors (Lipinski definition) is 4. The van der Waals surface area contributed by atoms with Gasteiger partial charge in [0.05, 0.1) is 11.1 Å². The lowest BCUT2D eigenvalue weighted by molar-refractivity contribution is 0.0945. The van der Waals surface area contributed by atoms with Crippen LogP contribution in [0.2, 0.25) is 0 Å². The smallest absolute Gasteiger partial charge is 0.254 e. The molecule has 0 aromatic heterocycles. The highest BCUT2D eigenvalue weighted by Gasteiger charge is 2.19. The molecule has 0 saturated carbocycles. The summed E-state index contributed by atoms with van der Waals surface area (Å²) >= 11 is 0. The fourth-order valence-corrected chi connectivity index (χ4v) is 1.22. The van der Waals surface area contributed by atoms with E-state index in [9.17, 15) is 19.8 Å². The van der Waals surface area contributed by atoms with E-state index < -0.39 is 23.3 Å². The van der Waals surface area contributed by atoms with Crippen LogP contribution < -0.4 is 10.6 Å². The Hall–Kier alpha value is -2.24. The number of rotatable bonds is 2. The number of benzene rings is 1. The van der Waals surface area contributed by atoms with Gasteiger partial charge in [-0.2, -0.15) is 0 Å². The quantitative estimate of drug-likeness (QED) is 0.523. The Morgan fingerprint density at radius 2 is 1.25 bits per heavy atom. The monoisotopic (exact) mass is 224 g/mol. The van der Waals surface area contributed by atoms with Gasteiger partial charge in [-0.3, -0.25) is 9.59 Å². The Morgan fingerprint density at radius 1 is 0.938 bits per heavy atom. The molecule has 2 amide bonds. The van der Waals surface area contributed by atoms with Gasteiger partial charge in [0.25, 0.3) is 11.8 Å². The maximum atomic E-state index is 11.3. The van der Waals surface area contributed by atoms with Gasteiger partial charge in [0.15, 0.2) is 11.5 Å². The summed E-state index contributed by atoms with van der Waals surface area (Å²) < 4.78 is 0. The molecule has 6 heteroatoms. The molecular weight excluding hydrogens is 212 g/mol. The first-order chi connectivity index (χ1) is 7.52. The third-order valence-electron chi connectivity index (χ3n) is 2.09. The SMILES string of the molecule is CNC(=O)c1ccc(C(=O)NC)c(O)c1O. The molecular formula is C10H12N2O4. The van der Waals surface area contributed by atoms with Gasteiger partial charge in [0, 0.05) is 14.1 Å². The van der Waals surface area contributed by atoms with Gasteiger partial charge in [0.2, 0.25) is 0 Å². The van der Waals surface area contributed by atoms with Crippen LogP contribution in [-0.4, -0.2) is 36.1 Å². The van der Waals surface area contributed by atoms with Crippen LogP contribution in [0.3, 0.4) is 0 Å². The highest BCUT2D eigenvalue weighted by atomic mass is 16.3. The fraction of sp³-hybridized carbons (Fsp3) is 0.200. The Bertz CT molecular complexity index is 402. The molecule has 16 heavy (non-hydrogen) atoms. The molecule has 4 N–H and O–H groups in total. The first-order valence-electron chi connectivity index (χ1n) is 4.52. The summed E-state index contributed by atoms with van der Waals surface area (Å²) in [4.78, 5) is 22.5. The Labute approximate surface area is 91.9 Å². The molecule has 86 valence electrons. The molecule has 6 nitrogen and oxygen atoms in total. The molecule has 0 unspecified atom stereocenters. The summed E-state index contributed by atoms with van der Waals surface area (Å²) in [5, 5.41) is 23.7. The summed E-state index contributed by atoms with van der Waals surface area (Å²) in [5.74, 6) is -2.31. The van der Waals surface area contributed by atoms with Crippen LogP contribution >= 0.6 is 0 Å². The van der Waals surface area contributed by atoms with E-state index in [2.05, 4.69) is 10.6 Å². The topological polar surface area (TPSA) is 98.7 Å². The summed E-state index contributed by atoms with van der Waals surface area (Å²) in [6.45, 7) is 0. The standard InChI is InChI=1S/C10H12N2O4/c1-11-9(15)5-3-4-6(10(16)12-2)8(14)7(5)13/h3-4,13-14H,1-2H3,(H,11,15)(H,12,16). The minimum atomic E-state index is -0.611. The van der Waals surface area contributed by atoms with Crippen LogP contribution in [0.1, 0.15) is 20.7 Å². The molecule has 0 saturated heterocycles. The molecule has 0 aliphatic carbocycles. The lowest BCUT2D eigenvalue weighted by Gasteiger charge is -2.08. The largest absolute Gasteiger partial charge is 0.504 e. The lowest BCUT2D eigenvalue weighted by atomic mass is 10.1. The van der Waals surface area contributed by atoms with E-state index in [0.717, 1.165) is 0 Å². The summed E-state index contributed by atoms with van der Waals surface area (Å²) in [6, 6.07) is 2.52. The van der Waals surface area contributed by atoms with E-state index in [1.165, 1.54) is 26.2 Å². The highest BCUT2D eigenvalue weighted by Crippen LogP contribution is 2.32. The summed E-state index contributed by atoms with van der Waals surface area (Å²) in [6.07, 6.45) is 0. The van der Waals surface area contributed by atoms with Gasteiger partial charge in [-0.15, -0.1) is 0 Å². The number of carbonyl (C=O) groups is 2. The second-order valence-corrected chi connectivity index (χ2v) is 3.02. The normalized spacial score (nSPS) is 9.62. The van der Waals surface area contributed by atoms with Crippen LogP contribution in [0.4, 0.5) is 0 Å². The van der Waals surface area contributed by atoms with E-state index in [-0.39, 0.29) is 11.1 Å². The molecule has 0 aliphatic heterocycles.